The minimum atomic E-state index is 0.107. The van der Waals surface area contributed by atoms with E-state index in [1.165, 1.54) is 11.8 Å². The summed E-state index contributed by atoms with van der Waals surface area (Å²) in [6, 6.07) is 7.89. The van der Waals surface area contributed by atoms with Crippen LogP contribution in [0.4, 0.5) is 5.69 Å². The SMILES string of the molecule is CC(=O)SCC1CC(=O)N(c2cccc3ccncc23)C1. The van der Waals surface area contributed by atoms with Crippen LogP contribution >= 0.6 is 11.8 Å². The summed E-state index contributed by atoms with van der Waals surface area (Å²) in [5.74, 6) is 1.07. The third kappa shape index (κ3) is 2.93. The van der Waals surface area contributed by atoms with Crippen molar-refractivity contribution in [3.05, 3.63) is 36.7 Å². The fourth-order valence-corrected chi connectivity index (χ4v) is 3.39. The van der Waals surface area contributed by atoms with E-state index in [1.807, 2.05) is 29.2 Å². The van der Waals surface area contributed by atoms with Crippen molar-refractivity contribution in [2.24, 2.45) is 5.92 Å². The van der Waals surface area contributed by atoms with Crippen LogP contribution in [-0.4, -0.2) is 28.3 Å². The molecule has 3 rings (SSSR count). The Balaban J connectivity index is 1.86. The van der Waals surface area contributed by atoms with Crippen molar-refractivity contribution in [2.45, 2.75) is 13.3 Å². The van der Waals surface area contributed by atoms with Crippen molar-refractivity contribution >= 4 is 39.2 Å². The molecule has 2 aromatic rings. The smallest absolute Gasteiger partial charge is 0.227 e. The lowest BCUT2D eigenvalue weighted by molar-refractivity contribution is -0.117. The highest BCUT2D eigenvalue weighted by Crippen LogP contribution is 2.32. The maximum atomic E-state index is 12.3. The van der Waals surface area contributed by atoms with E-state index < -0.39 is 0 Å². The molecule has 1 fully saturated rings. The number of benzene rings is 1. The van der Waals surface area contributed by atoms with Gasteiger partial charge >= 0.3 is 0 Å². The maximum absolute atomic E-state index is 12.3. The van der Waals surface area contributed by atoms with Gasteiger partial charge in [0.05, 0.1) is 5.69 Å². The largest absolute Gasteiger partial charge is 0.311 e. The van der Waals surface area contributed by atoms with Gasteiger partial charge in [0.15, 0.2) is 5.12 Å². The molecule has 1 amide bonds. The molecule has 1 saturated heterocycles. The van der Waals surface area contributed by atoms with Gasteiger partial charge in [-0.1, -0.05) is 23.9 Å². The molecule has 21 heavy (non-hydrogen) atoms. The van der Waals surface area contributed by atoms with Gasteiger partial charge in [0.1, 0.15) is 0 Å². The zero-order valence-corrected chi connectivity index (χ0v) is 12.6. The van der Waals surface area contributed by atoms with Crippen LogP contribution in [0, 0.1) is 5.92 Å². The van der Waals surface area contributed by atoms with Crippen molar-refractivity contribution in [3.8, 4) is 0 Å². The van der Waals surface area contributed by atoms with Crippen molar-refractivity contribution < 1.29 is 9.59 Å². The van der Waals surface area contributed by atoms with E-state index in [0.717, 1.165) is 16.5 Å². The fraction of sp³-hybridized carbons (Fsp3) is 0.312. The van der Waals surface area contributed by atoms with Crippen LogP contribution in [0.1, 0.15) is 13.3 Å². The lowest BCUT2D eigenvalue weighted by Crippen LogP contribution is -2.25. The van der Waals surface area contributed by atoms with E-state index in [1.54, 1.807) is 19.3 Å². The van der Waals surface area contributed by atoms with Crippen molar-refractivity contribution in [3.63, 3.8) is 0 Å². The van der Waals surface area contributed by atoms with Crippen molar-refractivity contribution in [1.82, 2.24) is 4.98 Å². The number of amides is 1. The number of rotatable bonds is 3. The molecular formula is C16H16N2O2S. The molecule has 0 bridgehead atoms. The third-order valence-electron chi connectivity index (χ3n) is 3.68. The average molecular weight is 300 g/mol. The van der Waals surface area contributed by atoms with Gasteiger partial charge in [0, 0.05) is 43.4 Å². The minimum Gasteiger partial charge on any atom is -0.311 e. The first-order valence-electron chi connectivity index (χ1n) is 6.91. The van der Waals surface area contributed by atoms with E-state index >= 15 is 0 Å². The highest BCUT2D eigenvalue weighted by atomic mass is 32.2. The summed E-state index contributed by atoms with van der Waals surface area (Å²) >= 11 is 1.30. The molecule has 0 aliphatic carbocycles. The Bertz CT molecular complexity index is 696. The van der Waals surface area contributed by atoms with Gasteiger partial charge in [-0.25, -0.2) is 0 Å². The second kappa shape index (κ2) is 5.85. The van der Waals surface area contributed by atoms with Crippen molar-refractivity contribution in [1.29, 1.82) is 0 Å². The lowest BCUT2D eigenvalue weighted by atomic mass is 10.1. The molecule has 1 aliphatic rings. The maximum Gasteiger partial charge on any atom is 0.227 e. The van der Waals surface area contributed by atoms with Gasteiger partial charge in [0.25, 0.3) is 0 Å². The number of aromatic nitrogens is 1. The lowest BCUT2D eigenvalue weighted by Gasteiger charge is -2.18. The number of pyridine rings is 1. The van der Waals surface area contributed by atoms with E-state index in [9.17, 15) is 9.59 Å². The quantitative estimate of drug-likeness (QED) is 0.874. The number of nitrogens with zero attached hydrogens (tertiary/aromatic N) is 2. The number of carbonyl (C=O) groups excluding carboxylic acids is 2. The van der Waals surface area contributed by atoms with Gasteiger partial charge in [0.2, 0.25) is 5.91 Å². The van der Waals surface area contributed by atoms with E-state index in [4.69, 9.17) is 0 Å². The molecule has 0 radical (unpaired) electrons. The second-order valence-corrected chi connectivity index (χ2v) is 6.45. The highest BCUT2D eigenvalue weighted by molar-refractivity contribution is 8.13. The number of hydrogen-bond acceptors (Lipinski definition) is 4. The van der Waals surface area contributed by atoms with Crippen LogP contribution in [-0.2, 0) is 9.59 Å². The van der Waals surface area contributed by atoms with E-state index in [2.05, 4.69) is 4.98 Å². The molecular weight excluding hydrogens is 284 g/mol. The summed E-state index contributed by atoms with van der Waals surface area (Å²) in [5, 5.41) is 2.18. The fourth-order valence-electron chi connectivity index (χ4n) is 2.69. The summed E-state index contributed by atoms with van der Waals surface area (Å²) in [7, 11) is 0. The summed E-state index contributed by atoms with van der Waals surface area (Å²) in [6.45, 7) is 2.24. The molecule has 0 spiro atoms. The number of hydrogen-bond donors (Lipinski definition) is 0. The predicted molar refractivity (Wildman–Crippen MR) is 85.3 cm³/mol. The predicted octanol–water partition coefficient (Wildman–Crippen LogP) is 2.87. The minimum absolute atomic E-state index is 0.107. The van der Waals surface area contributed by atoms with Gasteiger partial charge in [-0.3, -0.25) is 14.6 Å². The molecule has 0 N–H and O–H groups in total. The van der Waals surface area contributed by atoms with Gasteiger partial charge < -0.3 is 4.90 Å². The monoisotopic (exact) mass is 300 g/mol. The Morgan fingerprint density at radius 2 is 2.29 bits per heavy atom. The zero-order chi connectivity index (χ0) is 14.8. The molecule has 1 unspecified atom stereocenters. The van der Waals surface area contributed by atoms with Crippen LogP contribution in [0.5, 0.6) is 0 Å². The highest BCUT2D eigenvalue weighted by Gasteiger charge is 2.31. The average Bonchev–Trinajstić information content (AvgIpc) is 2.85. The Morgan fingerprint density at radius 3 is 3.10 bits per heavy atom. The Kier molecular flexibility index (Phi) is 3.92. The van der Waals surface area contributed by atoms with Gasteiger partial charge in [-0.2, -0.15) is 0 Å². The molecule has 4 nitrogen and oxygen atoms in total. The zero-order valence-electron chi connectivity index (χ0n) is 11.8. The van der Waals surface area contributed by atoms with Crippen LogP contribution in [0.2, 0.25) is 0 Å². The molecule has 1 aromatic heterocycles. The van der Waals surface area contributed by atoms with Gasteiger partial charge in [-0.05, 0) is 23.4 Å². The first kappa shape index (κ1) is 14.1. The topological polar surface area (TPSA) is 50.3 Å². The van der Waals surface area contributed by atoms with Crippen LogP contribution < -0.4 is 4.90 Å². The molecule has 2 heterocycles. The van der Waals surface area contributed by atoms with Gasteiger partial charge in [-0.15, -0.1) is 0 Å². The first-order valence-corrected chi connectivity index (χ1v) is 7.90. The summed E-state index contributed by atoms with van der Waals surface area (Å²) < 4.78 is 0. The summed E-state index contributed by atoms with van der Waals surface area (Å²) in [5.41, 5.74) is 0.918. The molecule has 1 atom stereocenters. The normalized spacial score (nSPS) is 18.4. The first-order chi connectivity index (χ1) is 10.1. The summed E-state index contributed by atoms with van der Waals surface area (Å²) in [6.07, 6.45) is 4.07. The Labute approximate surface area is 127 Å². The Hall–Kier alpha value is -1.88. The number of fused-ring (bicyclic) bond motifs is 1. The van der Waals surface area contributed by atoms with Crippen LogP contribution in [0.25, 0.3) is 10.8 Å². The third-order valence-corrected chi connectivity index (χ3v) is 4.72. The van der Waals surface area contributed by atoms with Crippen LogP contribution in [0.15, 0.2) is 36.7 Å². The standard InChI is InChI=1S/C16H16N2O2S/c1-11(19)21-10-12-7-16(20)18(9-12)15-4-2-3-13-5-6-17-8-14(13)15/h2-6,8,12H,7,9-10H2,1H3. The molecule has 1 aromatic carbocycles. The number of thioether (sulfide) groups is 1. The van der Waals surface area contributed by atoms with Crippen molar-refractivity contribution in [2.75, 3.05) is 17.2 Å². The molecule has 1 aliphatic heterocycles. The molecule has 5 heteroatoms. The van der Waals surface area contributed by atoms with E-state index in [0.29, 0.717) is 18.7 Å². The number of anilines is 1. The van der Waals surface area contributed by atoms with E-state index in [-0.39, 0.29) is 16.9 Å². The van der Waals surface area contributed by atoms with Crippen LogP contribution in [0.3, 0.4) is 0 Å². The number of carbonyl (C=O) groups is 2. The second-order valence-electron chi connectivity index (χ2n) is 5.25. The molecule has 108 valence electrons. The Morgan fingerprint density at radius 1 is 1.43 bits per heavy atom. The molecule has 0 saturated carbocycles. The summed E-state index contributed by atoms with van der Waals surface area (Å²) in [4.78, 5) is 29.3.